The lowest BCUT2D eigenvalue weighted by molar-refractivity contribution is -0.384. The molecular weight excluding hydrogens is 394 g/mol. The zero-order valence-electron chi connectivity index (χ0n) is 16.7. The average Bonchev–Trinajstić information content (AvgIpc) is 2.71. The molecule has 30 heavy (non-hydrogen) atoms. The van der Waals surface area contributed by atoms with Crippen molar-refractivity contribution in [3.63, 3.8) is 0 Å². The van der Waals surface area contributed by atoms with Crippen LogP contribution in [0.15, 0.2) is 51.9 Å². The van der Waals surface area contributed by atoms with E-state index in [4.69, 9.17) is 15.0 Å². The summed E-state index contributed by atoms with van der Waals surface area (Å²) in [6.07, 6.45) is 0. The number of benzene rings is 1. The fourth-order valence-corrected chi connectivity index (χ4v) is 3.20. The lowest BCUT2D eigenvalue weighted by atomic mass is 9.80. The molecule has 158 valence electrons. The number of carbonyl (C=O) groups is 2. The molecule has 0 aliphatic carbocycles. The number of nitro benzene ring substituents is 1. The van der Waals surface area contributed by atoms with E-state index in [2.05, 4.69) is 15.3 Å². The number of carbonyl (C=O) groups excluding carboxylic acids is 2. The maximum absolute atomic E-state index is 12.8. The first kappa shape index (κ1) is 22.4. The summed E-state index contributed by atoms with van der Waals surface area (Å²) >= 11 is 0. The van der Waals surface area contributed by atoms with Crippen LogP contribution in [0.5, 0.6) is 0 Å². The Balaban J connectivity index is 2.78. The molecule has 0 saturated carbocycles. The van der Waals surface area contributed by atoms with E-state index in [0.717, 1.165) is 0 Å². The first-order valence-electron chi connectivity index (χ1n) is 9.15. The molecule has 0 fully saturated rings. The summed E-state index contributed by atoms with van der Waals surface area (Å²) in [5.74, 6) is -2.42. The topological polar surface area (TPSA) is 157 Å². The Kier molecular flexibility index (Phi) is 7.54. The smallest absolute Gasteiger partial charge is 0.336 e. The number of hydrogen-bond donors (Lipinski definition) is 1. The normalized spacial score (nSPS) is 15.8. The van der Waals surface area contributed by atoms with E-state index in [1.54, 1.807) is 26.8 Å². The van der Waals surface area contributed by atoms with Crippen LogP contribution >= 0.6 is 0 Å². The van der Waals surface area contributed by atoms with Crippen LogP contribution in [0.4, 0.5) is 5.69 Å². The molecule has 1 aliphatic heterocycles. The second-order valence-corrected chi connectivity index (χ2v) is 6.17. The number of esters is 2. The van der Waals surface area contributed by atoms with E-state index < -0.39 is 22.8 Å². The summed E-state index contributed by atoms with van der Waals surface area (Å²) in [4.78, 5) is 39.0. The third-order valence-corrected chi connectivity index (χ3v) is 4.34. The standard InChI is InChI=1S/C19H21N5O6/c1-4-29-18(25)15-11(3)22-14(10-21-23-20)17(19(26)30-5-2)16(15)12-7-6-8-13(9-12)24(27)28/h6-9,16,22H,4-5,10H2,1-3H3. The monoisotopic (exact) mass is 415 g/mol. The van der Waals surface area contributed by atoms with Crippen molar-refractivity contribution >= 4 is 17.6 Å². The number of nitro groups is 1. The van der Waals surface area contributed by atoms with Crippen molar-refractivity contribution in [3.05, 3.63) is 72.9 Å². The van der Waals surface area contributed by atoms with Crippen LogP contribution in [0, 0.1) is 10.1 Å². The van der Waals surface area contributed by atoms with Gasteiger partial charge >= 0.3 is 11.9 Å². The van der Waals surface area contributed by atoms with Gasteiger partial charge in [0.05, 0.1) is 41.7 Å². The Morgan fingerprint density at radius 2 is 1.87 bits per heavy atom. The minimum atomic E-state index is -1.01. The van der Waals surface area contributed by atoms with E-state index in [9.17, 15) is 19.7 Å². The summed E-state index contributed by atoms with van der Waals surface area (Å²) in [6, 6.07) is 5.62. The molecule has 2 rings (SSSR count). The third-order valence-electron chi connectivity index (χ3n) is 4.34. The van der Waals surface area contributed by atoms with Crippen molar-refractivity contribution in [2.75, 3.05) is 19.8 Å². The minimum Gasteiger partial charge on any atom is -0.463 e. The van der Waals surface area contributed by atoms with Gasteiger partial charge in [-0.05, 0) is 31.9 Å². The van der Waals surface area contributed by atoms with Gasteiger partial charge in [-0.1, -0.05) is 17.2 Å². The van der Waals surface area contributed by atoms with Crippen molar-refractivity contribution in [2.24, 2.45) is 5.11 Å². The molecule has 0 saturated heterocycles. The van der Waals surface area contributed by atoms with E-state index in [-0.39, 0.29) is 42.3 Å². The van der Waals surface area contributed by atoms with Gasteiger partial charge in [0.2, 0.25) is 0 Å². The lowest BCUT2D eigenvalue weighted by Crippen LogP contribution is -2.34. The first-order valence-corrected chi connectivity index (χ1v) is 9.15. The number of ether oxygens (including phenoxy) is 2. The number of dihydropyridines is 1. The van der Waals surface area contributed by atoms with Gasteiger partial charge in [-0.3, -0.25) is 10.1 Å². The highest BCUT2D eigenvalue weighted by molar-refractivity contribution is 6.00. The van der Waals surface area contributed by atoms with E-state index in [0.29, 0.717) is 11.3 Å². The lowest BCUT2D eigenvalue weighted by Gasteiger charge is -2.31. The Morgan fingerprint density at radius 3 is 2.43 bits per heavy atom. The molecule has 11 heteroatoms. The quantitative estimate of drug-likeness (QED) is 0.170. The maximum Gasteiger partial charge on any atom is 0.336 e. The predicted octanol–water partition coefficient (Wildman–Crippen LogP) is 3.25. The van der Waals surface area contributed by atoms with Crippen LogP contribution in [-0.4, -0.2) is 36.6 Å². The summed E-state index contributed by atoms with van der Waals surface area (Å²) in [5.41, 5.74) is 9.60. The van der Waals surface area contributed by atoms with Crippen LogP contribution in [-0.2, 0) is 19.1 Å². The molecule has 0 aromatic heterocycles. The highest BCUT2D eigenvalue weighted by Crippen LogP contribution is 2.40. The van der Waals surface area contributed by atoms with Gasteiger partial charge in [0, 0.05) is 28.4 Å². The van der Waals surface area contributed by atoms with Crippen molar-refractivity contribution in [2.45, 2.75) is 26.7 Å². The summed E-state index contributed by atoms with van der Waals surface area (Å²) in [5, 5.41) is 17.7. The zero-order valence-corrected chi connectivity index (χ0v) is 16.7. The Hall–Kier alpha value is -3.85. The van der Waals surface area contributed by atoms with Crippen molar-refractivity contribution in [3.8, 4) is 0 Å². The van der Waals surface area contributed by atoms with Gasteiger partial charge < -0.3 is 14.8 Å². The van der Waals surface area contributed by atoms with Crippen molar-refractivity contribution in [1.82, 2.24) is 5.32 Å². The SMILES string of the molecule is CCOC(=O)C1=C(C)NC(CN=[N+]=[N-])=C(C(=O)OCC)C1c1cccc([N+](=O)[O-])c1. The second-order valence-electron chi connectivity index (χ2n) is 6.17. The Morgan fingerprint density at radius 1 is 1.23 bits per heavy atom. The zero-order chi connectivity index (χ0) is 22.3. The number of azide groups is 1. The van der Waals surface area contributed by atoms with Crippen LogP contribution in [0.2, 0.25) is 0 Å². The van der Waals surface area contributed by atoms with Crippen molar-refractivity contribution in [1.29, 1.82) is 0 Å². The van der Waals surface area contributed by atoms with Crippen LogP contribution in [0.1, 0.15) is 32.3 Å². The molecule has 1 atom stereocenters. The molecular formula is C19H21N5O6. The molecule has 0 spiro atoms. The molecule has 1 N–H and O–H groups in total. The average molecular weight is 415 g/mol. The van der Waals surface area contributed by atoms with Gasteiger partial charge in [0.25, 0.3) is 5.69 Å². The summed E-state index contributed by atoms with van der Waals surface area (Å²) in [6.45, 7) is 4.83. The highest BCUT2D eigenvalue weighted by Gasteiger charge is 2.39. The van der Waals surface area contributed by atoms with Crippen LogP contribution in [0.3, 0.4) is 0 Å². The molecule has 1 aliphatic rings. The molecule has 0 amide bonds. The molecule has 11 nitrogen and oxygen atoms in total. The van der Waals surface area contributed by atoms with Crippen LogP contribution in [0.25, 0.3) is 10.4 Å². The fourth-order valence-electron chi connectivity index (χ4n) is 3.20. The van der Waals surface area contributed by atoms with Crippen molar-refractivity contribution < 1.29 is 24.0 Å². The van der Waals surface area contributed by atoms with Gasteiger partial charge in [-0.2, -0.15) is 0 Å². The summed E-state index contributed by atoms with van der Waals surface area (Å²) < 4.78 is 10.3. The van der Waals surface area contributed by atoms with E-state index in [1.807, 2.05) is 0 Å². The number of non-ortho nitro benzene ring substituents is 1. The maximum atomic E-state index is 12.8. The van der Waals surface area contributed by atoms with Gasteiger partial charge in [0.15, 0.2) is 0 Å². The van der Waals surface area contributed by atoms with Gasteiger partial charge in [0.1, 0.15) is 0 Å². The molecule has 0 radical (unpaired) electrons. The molecule has 1 unspecified atom stereocenters. The molecule has 0 bridgehead atoms. The molecule has 1 aromatic rings. The number of allylic oxidation sites excluding steroid dienone is 1. The fraction of sp³-hybridized carbons (Fsp3) is 0.368. The van der Waals surface area contributed by atoms with E-state index in [1.165, 1.54) is 18.2 Å². The van der Waals surface area contributed by atoms with E-state index >= 15 is 0 Å². The summed E-state index contributed by atoms with van der Waals surface area (Å²) in [7, 11) is 0. The first-order chi connectivity index (χ1) is 14.3. The third kappa shape index (κ3) is 4.76. The molecule has 1 heterocycles. The largest absolute Gasteiger partial charge is 0.463 e. The number of nitrogens with one attached hydrogen (secondary N) is 1. The Bertz CT molecular complexity index is 977. The second kappa shape index (κ2) is 10.1. The molecule has 1 aromatic carbocycles. The number of nitrogens with zero attached hydrogens (tertiary/aromatic N) is 4. The number of hydrogen-bond acceptors (Lipinski definition) is 8. The highest BCUT2D eigenvalue weighted by atomic mass is 16.6. The predicted molar refractivity (Wildman–Crippen MR) is 106 cm³/mol. The van der Waals surface area contributed by atoms with Gasteiger partial charge in [-0.25, -0.2) is 9.59 Å². The number of rotatable bonds is 8. The minimum absolute atomic E-state index is 0.0263. The van der Waals surface area contributed by atoms with Crippen LogP contribution < -0.4 is 5.32 Å². The Labute approximate surface area is 172 Å². The van der Waals surface area contributed by atoms with Gasteiger partial charge in [-0.15, -0.1) is 0 Å².